The number of nitrogens with one attached hydrogen (secondary N) is 1. The molecule has 27 heavy (non-hydrogen) atoms. The first-order chi connectivity index (χ1) is 12.9. The molecule has 0 unspecified atom stereocenters. The normalized spacial score (nSPS) is 10.8. The molecule has 0 fully saturated rings. The lowest BCUT2D eigenvalue weighted by atomic mass is 10.1. The van der Waals surface area contributed by atoms with Gasteiger partial charge in [-0.2, -0.15) is 5.26 Å². The second-order valence-electron chi connectivity index (χ2n) is 6.49. The van der Waals surface area contributed by atoms with E-state index in [1.807, 2.05) is 19.9 Å². The Morgan fingerprint density at radius 3 is 2.78 bits per heavy atom. The average Bonchev–Trinajstić information content (AvgIpc) is 2.89. The fourth-order valence-corrected chi connectivity index (χ4v) is 4.83. The fourth-order valence-electron chi connectivity index (χ4n) is 2.89. The molecule has 2 heterocycles. The largest absolute Gasteiger partial charge is 0.317 e. The molecule has 4 nitrogen and oxygen atoms in total. The lowest BCUT2D eigenvalue weighted by Crippen LogP contribution is -2.12. The highest BCUT2D eigenvalue weighted by Crippen LogP contribution is 2.32. The van der Waals surface area contributed by atoms with Crippen LogP contribution in [0.1, 0.15) is 33.6 Å². The molecule has 0 aliphatic heterocycles. The molecule has 0 saturated heterocycles. The summed E-state index contributed by atoms with van der Waals surface area (Å²) in [6.45, 7) is 8.02. The molecule has 3 rings (SSSR count). The molecule has 3 aromatic rings. The third-order valence-electron chi connectivity index (χ3n) is 4.55. The number of anilines is 1. The first-order valence-electron chi connectivity index (χ1n) is 8.70. The van der Waals surface area contributed by atoms with Gasteiger partial charge in [0.15, 0.2) is 0 Å². The number of aryl methyl sites for hydroxylation is 3. The number of amides is 1. The molecule has 0 saturated carbocycles. The van der Waals surface area contributed by atoms with Crippen LogP contribution in [0.25, 0.3) is 10.9 Å². The molecule has 1 amide bonds. The summed E-state index contributed by atoms with van der Waals surface area (Å²) in [6.07, 6.45) is 0.373. The molecule has 1 aromatic carbocycles. The van der Waals surface area contributed by atoms with Gasteiger partial charge in [0.05, 0.1) is 16.1 Å². The van der Waals surface area contributed by atoms with Crippen LogP contribution in [0.2, 0.25) is 0 Å². The minimum atomic E-state index is -0.0751. The standard InChI is InChI=1S/C21H21N3OS2/c1-12-6-5-7-16-13(2)10-19(24-20(12)16)26-9-8-18(25)23-21-17(11-22)14(3)15(4)27-21/h5-7,10H,8-9H2,1-4H3,(H,23,25). The smallest absolute Gasteiger partial charge is 0.225 e. The number of para-hydroxylation sites is 1. The maximum absolute atomic E-state index is 12.3. The average molecular weight is 396 g/mol. The third-order valence-corrected chi connectivity index (χ3v) is 6.59. The van der Waals surface area contributed by atoms with Crippen LogP contribution in [-0.2, 0) is 4.79 Å². The Morgan fingerprint density at radius 1 is 1.26 bits per heavy atom. The summed E-state index contributed by atoms with van der Waals surface area (Å²) < 4.78 is 0. The van der Waals surface area contributed by atoms with Crippen LogP contribution in [0, 0.1) is 39.0 Å². The van der Waals surface area contributed by atoms with Gasteiger partial charge in [-0.1, -0.05) is 18.2 Å². The summed E-state index contributed by atoms with van der Waals surface area (Å²) in [5, 5.41) is 14.9. The fraction of sp³-hybridized carbons (Fsp3) is 0.286. The van der Waals surface area contributed by atoms with E-state index >= 15 is 0 Å². The summed E-state index contributed by atoms with van der Waals surface area (Å²) in [7, 11) is 0. The molecule has 138 valence electrons. The van der Waals surface area contributed by atoms with Crippen LogP contribution >= 0.6 is 23.1 Å². The molecule has 0 bridgehead atoms. The molecule has 0 atom stereocenters. The number of thiophene rings is 1. The Hall–Kier alpha value is -2.36. The summed E-state index contributed by atoms with van der Waals surface area (Å²) in [5.74, 6) is 0.565. The Kier molecular flexibility index (Phi) is 5.83. The number of nitriles is 1. The Labute approximate surface area is 167 Å². The monoisotopic (exact) mass is 395 g/mol. The van der Waals surface area contributed by atoms with Crippen molar-refractivity contribution >= 4 is 44.9 Å². The van der Waals surface area contributed by atoms with E-state index in [-0.39, 0.29) is 5.91 Å². The van der Waals surface area contributed by atoms with Crippen molar-refractivity contribution in [3.8, 4) is 6.07 Å². The van der Waals surface area contributed by atoms with Gasteiger partial charge in [-0.3, -0.25) is 4.79 Å². The highest BCUT2D eigenvalue weighted by molar-refractivity contribution is 7.99. The highest BCUT2D eigenvalue weighted by atomic mass is 32.2. The number of carbonyl (C=O) groups excluding carboxylic acids is 1. The van der Waals surface area contributed by atoms with Gasteiger partial charge in [-0.25, -0.2) is 4.98 Å². The van der Waals surface area contributed by atoms with E-state index in [2.05, 4.69) is 43.4 Å². The van der Waals surface area contributed by atoms with Crippen LogP contribution < -0.4 is 5.32 Å². The number of pyridine rings is 1. The van der Waals surface area contributed by atoms with Crippen LogP contribution in [0.5, 0.6) is 0 Å². The topological polar surface area (TPSA) is 65.8 Å². The van der Waals surface area contributed by atoms with Crippen molar-refractivity contribution in [2.45, 2.75) is 39.1 Å². The van der Waals surface area contributed by atoms with Gasteiger partial charge in [0.1, 0.15) is 11.1 Å². The minimum Gasteiger partial charge on any atom is -0.317 e. The van der Waals surface area contributed by atoms with Crippen molar-refractivity contribution in [3.63, 3.8) is 0 Å². The van der Waals surface area contributed by atoms with Crippen molar-refractivity contribution in [1.82, 2.24) is 4.98 Å². The number of nitrogens with zero attached hydrogens (tertiary/aromatic N) is 2. The van der Waals surface area contributed by atoms with Gasteiger partial charge < -0.3 is 5.32 Å². The second kappa shape index (κ2) is 8.12. The summed E-state index contributed by atoms with van der Waals surface area (Å²) >= 11 is 3.04. The van der Waals surface area contributed by atoms with E-state index < -0.39 is 0 Å². The molecule has 0 aliphatic carbocycles. The summed E-state index contributed by atoms with van der Waals surface area (Å²) in [6, 6.07) is 10.5. The highest BCUT2D eigenvalue weighted by Gasteiger charge is 2.14. The molecule has 6 heteroatoms. The number of benzene rings is 1. The molecule has 0 radical (unpaired) electrons. The quantitative estimate of drug-likeness (QED) is 0.578. The van der Waals surface area contributed by atoms with Crippen molar-refractivity contribution in [3.05, 3.63) is 51.4 Å². The van der Waals surface area contributed by atoms with Crippen molar-refractivity contribution in [1.29, 1.82) is 5.26 Å². The van der Waals surface area contributed by atoms with Crippen LogP contribution in [-0.4, -0.2) is 16.6 Å². The van der Waals surface area contributed by atoms with Crippen LogP contribution in [0.3, 0.4) is 0 Å². The van der Waals surface area contributed by atoms with Gasteiger partial charge in [0.2, 0.25) is 5.91 Å². The Balaban J connectivity index is 1.64. The minimum absolute atomic E-state index is 0.0751. The molecule has 2 aromatic heterocycles. The summed E-state index contributed by atoms with van der Waals surface area (Å²) in [4.78, 5) is 18.1. The zero-order chi connectivity index (χ0) is 19.6. The van der Waals surface area contributed by atoms with E-state index in [1.54, 1.807) is 11.8 Å². The van der Waals surface area contributed by atoms with E-state index in [9.17, 15) is 10.1 Å². The number of thioether (sulfide) groups is 1. The Bertz CT molecular complexity index is 1060. The van der Waals surface area contributed by atoms with Gasteiger partial charge in [0, 0.05) is 22.4 Å². The lowest BCUT2D eigenvalue weighted by Gasteiger charge is -2.08. The zero-order valence-corrected chi connectivity index (χ0v) is 17.5. The number of hydrogen-bond donors (Lipinski definition) is 1. The number of hydrogen-bond acceptors (Lipinski definition) is 5. The van der Waals surface area contributed by atoms with Crippen LogP contribution in [0.15, 0.2) is 29.3 Å². The van der Waals surface area contributed by atoms with E-state index in [4.69, 9.17) is 4.98 Å². The van der Waals surface area contributed by atoms with E-state index in [1.165, 1.54) is 22.3 Å². The number of aromatic nitrogens is 1. The molecule has 0 spiro atoms. The van der Waals surface area contributed by atoms with Crippen molar-refractivity contribution in [2.75, 3.05) is 11.1 Å². The van der Waals surface area contributed by atoms with Crippen molar-refractivity contribution < 1.29 is 4.79 Å². The Morgan fingerprint density at radius 2 is 2.04 bits per heavy atom. The van der Waals surface area contributed by atoms with Gasteiger partial charge in [-0.15, -0.1) is 23.1 Å². The number of carbonyl (C=O) groups is 1. The molecular formula is C21H21N3OS2. The van der Waals surface area contributed by atoms with Gasteiger partial charge >= 0.3 is 0 Å². The third kappa shape index (κ3) is 4.15. The second-order valence-corrected chi connectivity index (χ2v) is 8.83. The SMILES string of the molecule is Cc1sc(NC(=O)CCSc2cc(C)c3cccc(C)c3n2)c(C#N)c1C. The van der Waals surface area contributed by atoms with Crippen LogP contribution in [0.4, 0.5) is 5.00 Å². The maximum atomic E-state index is 12.3. The molecule has 1 N–H and O–H groups in total. The van der Waals surface area contributed by atoms with Crippen molar-refractivity contribution in [2.24, 2.45) is 0 Å². The number of rotatable bonds is 5. The van der Waals surface area contributed by atoms with Gasteiger partial charge in [0.25, 0.3) is 0 Å². The lowest BCUT2D eigenvalue weighted by molar-refractivity contribution is -0.115. The molecular weight excluding hydrogens is 374 g/mol. The number of fused-ring (bicyclic) bond motifs is 1. The predicted molar refractivity (Wildman–Crippen MR) is 114 cm³/mol. The van der Waals surface area contributed by atoms with E-state index in [0.29, 0.717) is 22.7 Å². The maximum Gasteiger partial charge on any atom is 0.225 e. The predicted octanol–water partition coefficient (Wildman–Crippen LogP) is 5.52. The van der Waals surface area contributed by atoms with Gasteiger partial charge in [-0.05, 0) is 50.5 Å². The molecule has 0 aliphatic rings. The summed E-state index contributed by atoms with van der Waals surface area (Å²) in [5.41, 5.74) is 4.88. The first-order valence-corrected chi connectivity index (χ1v) is 10.5. The first kappa shape index (κ1) is 19.4. The zero-order valence-electron chi connectivity index (χ0n) is 15.8. The van der Waals surface area contributed by atoms with E-state index in [0.717, 1.165) is 26.5 Å².